The minimum atomic E-state index is -0.316. The lowest BCUT2D eigenvalue weighted by molar-refractivity contribution is 0.104. The molecule has 0 aliphatic rings. The molecule has 0 saturated carbocycles. The summed E-state index contributed by atoms with van der Waals surface area (Å²) in [4.78, 5) is 12.3. The average molecular weight is 367 g/mol. The molecule has 0 N–H and O–H groups in total. The molecule has 3 nitrogen and oxygen atoms in total. The predicted molar refractivity (Wildman–Crippen MR) is 92.4 cm³/mol. The number of rotatable bonds is 5. The number of hydrogen-bond donors (Lipinski definition) is 0. The number of hydrogen-bond acceptors (Lipinski definition) is 3. The first-order chi connectivity index (χ1) is 11.0. The third kappa shape index (κ3) is 4.27. The van der Waals surface area contributed by atoms with Crippen LogP contribution in [0.25, 0.3) is 6.08 Å². The highest BCUT2D eigenvalue weighted by Crippen LogP contribution is 2.33. The summed E-state index contributed by atoms with van der Waals surface area (Å²) in [5.41, 5.74) is 0.931. The number of allylic oxidation sites excluding steroid dienone is 1. The van der Waals surface area contributed by atoms with E-state index in [2.05, 4.69) is 0 Å². The molecule has 0 bridgehead atoms. The highest BCUT2D eigenvalue weighted by Gasteiger charge is 2.13. The summed E-state index contributed by atoms with van der Waals surface area (Å²) in [6.07, 6.45) is 2.95. The van der Waals surface area contributed by atoms with Crippen molar-refractivity contribution in [1.82, 2.24) is 0 Å². The first kappa shape index (κ1) is 17.4. The van der Waals surface area contributed by atoms with Crippen molar-refractivity contribution in [2.45, 2.75) is 0 Å². The van der Waals surface area contributed by atoms with Gasteiger partial charge in [0.1, 0.15) is 11.8 Å². The first-order valence-corrected chi connectivity index (χ1v) is 7.62. The lowest BCUT2D eigenvalue weighted by atomic mass is 10.1. The van der Waals surface area contributed by atoms with E-state index < -0.39 is 0 Å². The molecule has 0 heterocycles. The summed E-state index contributed by atoms with van der Waals surface area (Å²) in [5, 5.41) is 9.12. The van der Waals surface area contributed by atoms with E-state index in [-0.39, 0.29) is 33.0 Å². The number of benzene rings is 2. The number of nitriles is 1. The summed E-state index contributed by atoms with van der Waals surface area (Å²) < 4.78 is 5.29. The maximum atomic E-state index is 12.3. The lowest BCUT2D eigenvalue weighted by Gasteiger charge is -2.06. The van der Waals surface area contributed by atoms with Gasteiger partial charge in [-0.15, -0.1) is 0 Å². The zero-order chi connectivity index (χ0) is 16.8. The standard InChI is InChI=1S/C17H10Cl3NO2/c18-13-7-6-12(16(19)17(13)20)14(22)8-5-11-3-1-2-4-15(11)23-10-9-21/h1-8H,10H2. The molecule has 0 aromatic heterocycles. The Hall–Kier alpha value is -1.99. The third-order valence-electron chi connectivity index (χ3n) is 2.93. The second-order valence-corrected chi connectivity index (χ2v) is 5.57. The summed E-state index contributed by atoms with van der Waals surface area (Å²) >= 11 is 17.8. The van der Waals surface area contributed by atoms with Gasteiger partial charge in [-0.05, 0) is 30.4 Å². The molecule has 0 saturated heterocycles. The van der Waals surface area contributed by atoms with Crippen LogP contribution in [0.2, 0.25) is 15.1 Å². The van der Waals surface area contributed by atoms with Crippen LogP contribution in [0.3, 0.4) is 0 Å². The SMILES string of the molecule is N#CCOc1ccccc1C=CC(=O)c1ccc(Cl)c(Cl)c1Cl. The Balaban J connectivity index is 2.26. The van der Waals surface area contributed by atoms with Crippen molar-refractivity contribution in [1.29, 1.82) is 5.26 Å². The van der Waals surface area contributed by atoms with Crippen LogP contribution in [0, 0.1) is 11.3 Å². The van der Waals surface area contributed by atoms with Crippen LogP contribution in [-0.2, 0) is 0 Å². The summed E-state index contributed by atoms with van der Waals surface area (Å²) in [5.74, 6) is 0.196. The quantitative estimate of drug-likeness (QED) is 0.402. The maximum Gasteiger partial charge on any atom is 0.187 e. The van der Waals surface area contributed by atoms with Crippen molar-refractivity contribution in [2.75, 3.05) is 6.61 Å². The van der Waals surface area contributed by atoms with Crippen LogP contribution in [-0.4, -0.2) is 12.4 Å². The Morgan fingerprint density at radius 1 is 1.13 bits per heavy atom. The Bertz CT molecular complexity index is 810. The number of para-hydroxylation sites is 1. The van der Waals surface area contributed by atoms with E-state index in [9.17, 15) is 4.79 Å². The van der Waals surface area contributed by atoms with E-state index in [0.717, 1.165) is 0 Å². The molecule has 0 aliphatic heterocycles. The fraction of sp³-hybridized carbons (Fsp3) is 0.0588. The van der Waals surface area contributed by atoms with Crippen molar-refractivity contribution in [2.24, 2.45) is 0 Å². The molecule has 116 valence electrons. The minimum absolute atomic E-state index is 0.0720. The highest BCUT2D eigenvalue weighted by molar-refractivity contribution is 6.49. The monoisotopic (exact) mass is 365 g/mol. The molecular weight excluding hydrogens is 357 g/mol. The van der Waals surface area contributed by atoms with Gasteiger partial charge in [-0.3, -0.25) is 4.79 Å². The van der Waals surface area contributed by atoms with E-state index in [1.54, 1.807) is 30.3 Å². The summed E-state index contributed by atoms with van der Waals surface area (Å²) in [6, 6.07) is 12.0. The minimum Gasteiger partial charge on any atom is -0.478 e. The Morgan fingerprint density at radius 2 is 1.87 bits per heavy atom. The van der Waals surface area contributed by atoms with Gasteiger partial charge in [0.15, 0.2) is 12.4 Å². The second kappa shape index (κ2) is 8.03. The second-order valence-electron chi connectivity index (χ2n) is 4.41. The van der Waals surface area contributed by atoms with Crippen LogP contribution in [0.1, 0.15) is 15.9 Å². The lowest BCUT2D eigenvalue weighted by Crippen LogP contribution is -1.97. The van der Waals surface area contributed by atoms with Gasteiger partial charge in [-0.1, -0.05) is 53.0 Å². The van der Waals surface area contributed by atoms with Gasteiger partial charge in [0.05, 0.1) is 15.1 Å². The Kier molecular flexibility index (Phi) is 6.06. The van der Waals surface area contributed by atoms with E-state index in [1.165, 1.54) is 18.2 Å². The number of nitrogens with zero attached hydrogens (tertiary/aromatic N) is 1. The highest BCUT2D eigenvalue weighted by atomic mass is 35.5. The molecule has 0 atom stereocenters. The number of ether oxygens (including phenoxy) is 1. The van der Waals surface area contributed by atoms with Gasteiger partial charge in [0.25, 0.3) is 0 Å². The van der Waals surface area contributed by atoms with Crippen LogP contribution < -0.4 is 4.74 Å². The number of carbonyl (C=O) groups excluding carboxylic acids is 1. The summed E-state index contributed by atoms with van der Waals surface area (Å²) in [6.45, 7) is -0.0720. The Morgan fingerprint density at radius 3 is 2.61 bits per heavy atom. The molecule has 0 amide bonds. The molecule has 2 rings (SSSR count). The topological polar surface area (TPSA) is 50.1 Å². The van der Waals surface area contributed by atoms with Gasteiger partial charge in [0, 0.05) is 11.1 Å². The smallest absolute Gasteiger partial charge is 0.187 e. The van der Waals surface area contributed by atoms with Crippen LogP contribution in [0.15, 0.2) is 42.5 Å². The Labute approximate surface area is 148 Å². The van der Waals surface area contributed by atoms with Gasteiger partial charge >= 0.3 is 0 Å². The fourth-order valence-corrected chi connectivity index (χ4v) is 2.46. The van der Waals surface area contributed by atoms with Gasteiger partial charge in [-0.2, -0.15) is 5.26 Å². The molecule has 2 aromatic rings. The predicted octanol–water partition coefficient (Wildman–Crippen LogP) is 5.45. The van der Waals surface area contributed by atoms with E-state index in [1.807, 2.05) is 6.07 Å². The van der Waals surface area contributed by atoms with Crippen molar-refractivity contribution < 1.29 is 9.53 Å². The fourth-order valence-electron chi connectivity index (χ4n) is 1.83. The van der Waals surface area contributed by atoms with E-state index in [0.29, 0.717) is 11.3 Å². The van der Waals surface area contributed by atoms with Crippen molar-refractivity contribution in [3.05, 3.63) is 68.7 Å². The van der Waals surface area contributed by atoms with E-state index >= 15 is 0 Å². The molecule has 0 radical (unpaired) electrons. The zero-order valence-electron chi connectivity index (χ0n) is 11.7. The molecular formula is C17H10Cl3NO2. The zero-order valence-corrected chi connectivity index (χ0v) is 14.0. The van der Waals surface area contributed by atoms with Crippen molar-refractivity contribution >= 4 is 46.7 Å². The van der Waals surface area contributed by atoms with E-state index in [4.69, 9.17) is 44.8 Å². The van der Waals surface area contributed by atoms with Gasteiger partial charge < -0.3 is 4.74 Å². The van der Waals surface area contributed by atoms with Crippen LogP contribution >= 0.6 is 34.8 Å². The molecule has 0 aliphatic carbocycles. The largest absolute Gasteiger partial charge is 0.478 e. The molecule has 0 fully saturated rings. The normalized spacial score (nSPS) is 10.5. The maximum absolute atomic E-state index is 12.3. The molecule has 23 heavy (non-hydrogen) atoms. The first-order valence-electron chi connectivity index (χ1n) is 6.49. The third-order valence-corrected chi connectivity index (χ3v) is 4.22. The van der Waals surface area contributed by atoms with Gasteiger partial charge in [-0.25, -0.2) is 0 Å². The number of carbonyl (C=O) groups is 1. The summed E-state index contributed by atoms with van der Waals surface area (Å²) in [7, 11) is 0. The molecule has 0 spiro atoms. The van der Waals surface area contributed by atoms with Crippen molar-refractivity contribution in [3.63, 3.8) is 0 Å². The average Bonchev–Trinajstić information content (AvgIpc) is 2.56. The number of ketones is 1. The van der Waals surface area contributed by atoms with Gasteiger partial charge in [0.2, 0.25) is 0 Å². The van der Waals surface area contributed by atoms with Crippen LogP contribution in [0.5, 0.6) is 5.75 Å². The van der Waals surface area contributed by atoms with Crippen molar-refractivity contribution in [3.8, 4) is 11.8 Å². The molecule has 0 unspecified atom stereocenters. The molecule has 6 heteroatoms. The molecule has 2 aromatic carbocycles. The number of halogens is 3. The van der Waals surface area contributed by atoms with Crippen LogP contribution in [0.4, 0.5) is 0 Å².